The summed E-state index contributed by atoms with van der Waals surface area (Å²) in [4.78, 5) is 0. The van der Waals surface area contributed by atoms with Crippen LogP contribution in [0.5, 0.6) is 0 Å². The molecule has 1 atom stereocenters. The molecule has 0 amide bonds. The maximum atomic E-state index is 11.4. The molecule has 0 bridgehead atoms. The summed E-state index contributed by atoms with van der Waals surface area (Å²) in [7, 11) is -1.36. The van der Waals surface area contributed by atoms with E-state index in [1.165, 1.54) is 5.82 Å². The van der Waals surface area contributed by atoms with Gasteiger partial charge in [-0.3, -0.25) is 0 Å². The number of nitrogens with two attached hydrogens (primary N) is 1. The number of hydrogen-bond donors (Lipinski definition) is 1. The van der Waals surface area contributed by atoms with Crippen LogP contribution in [0.4, 0.5) is 4.20 Å². The van der Waals surface area contributed by atoms with Crippen LogP contribution in [0.15, 0.2) is 11.3 Å². The highest BCUT2D eigenvalue weighted by atomic mass is 31.2. The summed E-state index contributed by atoms with van der Waals surface area (Å²) in [5.74, 6) is 1.43. The normalized spacial score (nSPS) is 33.0. The first kappa shape index (κ1) is 3.10. The van der Waals surface area contributed by atoms with Gasteiger partial charge in [0.05, 0.1) is 5.44 Å². The molecule has 1 aliphatic heterocycles. The Balaban J connectivity index is 2.38. The average Bonchev–Trinajstić information content (AvgIpc) is 1.79. The molecule has 0 saturated heterocycles. The lowest BCUT2D eigenvalue weighted by molar-refractivity contribution is 0.919. The Morgan fingerprint density at radius 2 is 2.20 bits per heavy atom. The Hall–Kier alpha value is -0.100. The highest BCUT2D eigenvalue weighted by molar-refractivity contribution is 7.67. The molecule has 0 spiro atoms. The van der Waals surface area contributed by atoms with Crippen LogP contribution in [0.3, 0.4) is 0 Å². The summed E-state index contributed by atoms with van der Waals surface area (Å²) in [6.07, 6.45) is 0. The smallest absolute Gasteiger partial charge is 0.155 e. The first-order valence-electron chi connectivity index (χ1n) is 1.23. The van der Waals surface area contributed by atoms with E-state index in [9.17, 15) is 4.20 Å². The number of rotatable bonds is 0. The zero-order valence-corrected chi connectivity index (χ0v) is 3.37. The summed E-state index contributed by atoms with van der Waals surface area (Å²) < 4.78 is 11.4. The van der Waals surface area contributed by atoms with Crippen molar-refractivity contribution in [3.8, 4) is 0 Å². The van der Waals surface area contributed by atoms with Crippen LogP contribution in [0.1, 0.15) is 0 Å². The lowest BCUT2D eigenvalue weighted by Gasteiger charge is -1.66. The minimum absolute atomic E-state index is 0.444. The van der Waals surface area contributed by atoms with Gasteiger partial charge in [0, 0.05) is 5.82 Å². The van der Waals surface area contributed by atoms with E-state index in [0.29, 0.717) is 5.44 Å². The Morgan fingerprint density at radius 3 is 2.20 bits per heavy atom. The monoisotopic (exact) mass is 91.0 g/mol. The van der Waals surface area contributed by atoms with Gasteiger partial charge >= 0.3 is 0 Å². The molecule has 0 aromatic rings. The third-order valence-corrected chi connectivity index (χ3v) is 1.27. The van der Waals surface area contributed by atoms with Crippen LogP contribution in [-0.2, 0) is 0 Å². The van der Waals surface area contributed by atoms with E-state index in [4.69, 9.17) is 5.73 Å². The Labute approximate surface area is 30.5 Å². The summed E-state index contributed by atoms with van der Waals surface area (Å²) >= 11 is 0. The predicted molar refractivity (Wildman–Crippen MR) is 20.3 cm³/mol. The molecule has 0 aliphatic carbocycles. The van der Waals surface area contributed by atoms with Gasteiger partial charge in [0.1, 0.15) is 0 Å². The van der Waals surface area contributed by atoms with E-state index in [1.54, 1.807) is 0 Å². The van der Waals surface area contributed by atoms with Crippen molar-refractivity contribution in [2.24, 2.45) is 5.73 Å². The van der Waals surface area contributed by atoms with E-state index in [0.717, 1.165) is 0 Å². The fourth-order valence-electron chi connectivity index (χ4n) is 0.0873. The summed E-state index contributed by atoms with van der Waals surface area (Å²) in [5.41, 5.74) is 5.33. The SMILES string of the molecule is NC1=CP1F. The van der Waals surface area contributed by atoms with E-state index >= 15 is 0 Å². The van der Waals surface area contributed by atoms with Crippen molar-refractivity contribution in [2.45, 2.75) is 0 Å². The molecule has 0 radical (unpaired) electrons. The lowest BCUT2D eigenvalue weighted by Crippen LogP contribution is -1.74. The Bertz CT molecular complexity index is 79.7. The molecule has 1 heterocycles. The van der Waals surface area contributed by atoms with Crippen LogP contribution in [0.2, 0.25) is 0 Å². The average molecular weight is 91.0 g/mol. The molecule has 1 rings (SSSR count). The quantitative estimate of drug-likeness (QED) is 0.444. The lowest BCUT2D eigenvalue weighted by atomic mass is 11.1. The molecule has 0 aromatic carbocycles. The highest BCUT2D eigenvalue weighted by Crippen LogP contribution is 2.59. The zero-order chi connectivity index (χ0) is 3.86. The van der Waals surface area contributed by atoms with Gasteiger partial charge in [0.2, 0.25) is 0 Å². The summed E-state index contributed by atoms with van der Waals surface area (Å²) in [6.45, 7) is 0. The maximum Gasteiger partial charge on any atom is 0.155 e. The van der Waals surface area contributed by atoms with Gasteiger partial charge in [0.15, 0.2) is 8.23 Å². The van der Waals surface area contributed by atoms with Crippen molar-refractivity contribution in [2.75, 3.05) is 0 Å². The first-order chi connectivity index (χ1) is 2.30. The number of halogens is 1. The zero-order valence-electron chi connectivity index (χ0n) is 2.48. The van der Waals surface area contributed by atoms with E-state index in [-0.39, 0.29) is 0 Å². The van der Waals surface area contributed by atoms with E-state index < -0.39 is 8.23 Å². The highest BCUT2D eigenvalue weighted by Gasteiger charge is 2.19. The van der Waals surface area contributed by atoms with Crippen molar-refractivity contribution in [3.05, 3.63) is 11.3 Å². The van der Waals surface area contributed by atoms with Crippen LogP contribution < -0.4 is 5.73 Å². The van der Waals surface area contributed by atoms with Crippen LogP contribution in [0, 0.1) is 0 Å². The minimum atomic E-state index is -1.36. The van der Waals surface area contributed by atoms with Crippen LogP contribution >= 0.6 is 8.23 Å². The second-order valence-electron chi connectivity index (χ2n) is 0.865. The standard InChI is InChI=1S/C2H3FNP/c3-5-1-2(5)4/h1H,4H2. The van der Waals surface area contributed by atoms with Gasteiger partial charge in [-0.2, -0.15) is 0 Å². The molecule has 3 heteroatoms. The van der Waals surface area contributed by atoms with Gasteiger partial charge in [-0.25, -0.2) is 4.20 Å². The molecule has 5 heavy (non-hydrogen) atoms. The molecule has 1 aliphatic rings. The molecule has 1 nitrogen and oxygen atoms in total. The van der Waals surface area contributed by atoms with Gasteiger partial charge in [0.25, 0.3) is 0 Å². The van der Waals surface area contributed by atoms with Gasteiger partial charge in [-0.1, -0.05) is 0 Å². The molecule has 28 valence electrons. The molecular formula is C2H3FNP. The van der Waals surface area contributed by atoms with E-state index in [2.05, 4.69) is 0 Å². The summed E-state index contributed by atoms with van der Waals surface area (Å²) in [6, 6.07) is 0. The fraction of sp³-hybridized carbons (Fsp3) is 0. The van der Waals surface area contributed by atoms with Crippen molar-refractivity contribution in [1.29, 1.82) is 0 Å². The van der Waals surface area contributed by atoms with Crippen molar-refractivity contribution >= 4 is 8.23 Å². The van der Waals surface area contributed by atoms with Crippen LogP contribution in [-0.4, -0.2) is 0 Å². The van der Waals surface area contributed by atoms with Crippen molar-refractivity contribution in [1.82, 2.24) is 0 Å². The van der Waals surface area contributed by atoms with Crippen molar-refractivity contribution in [3.63, 3.8) is 0 Å². The van der Waals surface area contributed by atoms with E-state index in [1.807, 2.05) is 0 Å². The maximum absolute atomic E-state index is 11.4. The van der Waals surface area contributed by atoms with Gasteiger partial charge in [-0.05, 0) is 0 Å². The molecule has 0 saturated carbocycles. The largest absolute Gasteiger partial charge is 0.396 e. The van der Waals surface area contributed by atoms with Gasteiger partial charge in [-0.15, -0.1) is 0 Å². The third kappa shape index (κ3) is 0.404. The number of hydrogen-bond acceptors (Lipinski definition) is 1. The van der Waals surface area contributed by atoms with Crippen LogP contribution in [0.25, 0.3) is 0 Å². The first-order valence-corrected chi connectivity index (χ1v) is 2.53. The summed E-state index contributed by atoms with van der Waals surface area (Å²) in [5, 5.41) is 0. The molecule has 0 fully saturated rings. The predicted octanol–water partition coefficient (Wildman–Crippen LogP) is 1.12. The Morgan fingerprint density at radius 1 is 2.00 bits per heavy atom. The fourth-order valence-corrected chi connectivity index (χ4v) is 0.393. The van der Waals surface area contributed by atoms with Gasteiger partial charge < -0.3 is 5.73 Å². The molecular weight excluding hydrogens is 88.0 g/mol. The molecule has 2 N–H and O–H groups in total. The Kier molecular flexibility index (Phi) is 0.428. The molecule has 0 aromatic heterocycles. The second kappa shape index (κ2) is 0.689. The molecule has 1 unspecified atom stereocenters. The van der Waals surface area contributed by atoms with Crippen molar-refractivity contribution < 1.29 is 4.20 Å². The third-order valence-electron chi connectivity index (χ3n) is 0.425. The second-order valence-corrected chi connectivity index (χ2v) is 2.26. The minimum Gasteiger partial charge on any atom is -0.396 e. The topological polar surface area (TPSA) is 26.0 Å².